The van der Waals surface area contributed by atoms with Crippen LogP contribution in [0, 0.1) is 11.6 Å². The Morgan fingerprint density at radius 1 is 0.900 bits per heavy atom. The second-order valence-electron chi connectivity index (χ2n) is 4.84. The van der Waals surface area contributed by atoms with Crippen molar-refractivity contribution in [3.05, 3.63) is 70.2 Å². The van der Waals surface area contributed by atoms with E-state index < -0.39 is 11.6 Å². The lowest BCUT2D eigenvalue weighted by Crippen LogP contribution is -2.22. The van der Waals surface area contributed by atoms with Crippen molar-refractivity contribution in [1.29, 1.82) is 0 Å². The molecule has 0 aliphatic rings. The van der Waals surface area contributed by atoms with Crippen molar-refractivity contribution in [3.63, 3.8) is 0 Å². The summed E-state index contributed by atoms with van der Waals surface area (Å²) >= 11 is 5.96. The van der Waals surface area contributed by atoms with Gasteiger partial charge in [0.1, 0.15) is 0 Å². The maximum absolute atomic E-state index is 13.2. The van der Waals surface area contributed by atoms with Crippen molar-refractivity contribution in [2.75, 3.05) is 0 Å². The molecule has 0 saturated carbocycles. The summed E-state index contributed by atoms with van der Waals surface area (Å²) in [5, 5.41) is 4.02. The lowest BCUT2D eigenvalue weighted by Gasteiger charge is -2.21. The maximum Gasteiger partial charge on any atom is 0.159 e. The minimum atomic E-state index is -0.830. The van der Waals surface area contributed by atoms with Crippen molar-refractivity contribution in [2.45, 2.75) is 25.9 Å². The molecule has 20 heavy (non-hydrogen) atoms. The van der Waals surface area contributed by atoms with Gasteiger partial charge in [0.2, 0.25) is 0 Å². The molecule has 0 saturated heterocycles. The Kier molecular flexibility index (Phi) is 4.73. The highest BCUT2D eigenvalue weighted by Crippen LogP contribution is 2.22. The Bertz CT molecular complexity index is 601. The Labute approximate surface area is 122 Å². The summed E-state index contributed by atoms with van der Waals surface area (Å²) in [5.41, 5.74) is 1.75. The summed E-state index contributed by atoms with van der Waals surface area (Å²) in [6, 6.07) is 11.5. The predicted octanol–water partition coefficient (Wildman–Crippen LogP) is 5.03. The van der Waals surface area contributed by atoms with E-state index in [4.69, 9.17) is 11.6 Å². The molecular weight excluding hydrogens is 280 g/mol. The van der Waals surface area contributed by atoms with E-state index in [1.165, 1.54) is 6.07 Å². The summed E-state index contributed by atoms with van der Waals surface area (Å²) in [6.45, 7) is 3.91. The normalized spacial score (nSPS) is 14.1. The van der Waals surface area contributed by atoms with Gasteiger partial charge in [0.05, 0.1) is 0 Å². The maximum atomic E-state index is 13.2. The minimum Gasteiger partial charge on any atom is -0.304 e. The zero-order valence-corrected chi connectivity index (χ0v) is 12.1. The molecule has 1 nitrogen and oxygen atoms in total. The van der Waals surface area contributed by atoms with Crippen molar-refractivity contribution in [3.8, 4) is 0 Å². The third-order valence-corrected chi connectivity index (χ3v) is 3.53. The Balaban J connectivity index is 2.10. The van der Waals surface area contributed by atoms with Gasteiger partial charge in [-0.15, -0.1) is 0 Å². The molecule has 2 aromatic rings. The largest absolute Gasteiger partial charge is 0.304 e. The third kappa shape index (κ3) is 3.56. The number of hydrogen-bond donors (Lipinski definition) is 1. The molecule has 0 radical (unpaired) electrons. The van der Waals surface area contributed by atoms with Crippen LogP contribution >= 0.6 is 11.6 Å². The first-order chi connectivity index (χ1) is 9.47. The molecule has 0 bridgehead atoms. The molecule has 0 amide bonds. The molecule has 0 spiro atoms. The zero-order chi connectivity index (χ0) is 14.7. The molecule has 1 N–H and O–H groups in total. The first-order valence-electron chi connectivity index (χ1n) is 6.44. The highest BCUT2D eigenvalue weighted by Gasteiger charge is 2.13. The first kappa shape index (κ1) is 14.9. The lowest BCUT2D eigenvalue weighted by molar-refractivity contribution is 0.480. The summed E-state index contributed by atoms with van der Waals surface area (Å²) in [7, 11) is 0. The van der Waals surface area contributed by atoms with Gasteiger partial charge >= 0.3 is 0 Å². The van der Waals surface area contributed by atoms with E-state index in [1.807, 2.05) is 38.1 Å². The van der Waals surface area contributed by atoms with Gasteiger partial charge in [-0.3, -0.25) is 0 Å². The van der Waals surface area contributed by atoms with E-state index in [2.05, 4.69) is 5.32 Å². The highest BCUT2D eigenvalue weighted by atomic mass is 35.5. The van der Waals surface area contributed by atoms with Crippen LogP contribution in [0.15, 0.2) is 42.5 Å². The molecule has 2 atom stereocenters. The molecule has 106 valence electrons. The van der Waals surface area contributed by atoms with Gasteiger partial charge in [-0.1, -0.05) is 29.8 Å². The van der Waals surface area contributed by atoms with Gasteiger partial charge in [-0.2, -0.15) is 0 Å². The first-order valence-corrected chi connectivity index (χ1v) is 6.81. The van der Waals surface area contributed by atoms with Crippen LogP contribution in [-0.2, 0) is 0 Å². The molecule has 1 unspecified atom stereocenters. The van der Waals surface area contributed by atoms with Gasteiger partial charge in [0.25, 0.3) is 0 Å². The minimum absolute atomic E-state index is 0.0526. The predicted molar refractivity (Wildman–Crippen MR) is 77.8 cm³/mol. The fraction of sp³-hybridized carbons (Fsp3) is 0.250. The smallest absolute Gasteiger partial charge is 0.159 e. The van der Waals surface area contributed by atoms with E-state index in [9.17, 15) is 8.78 Å². The van der Waals surface area contributed by atoms with Crippen molar-refractivity contribution >= 4 is 11.6 Å². The average molecular weight is 296 g/mol. The molecule has 0 fully saturated rings. The highest BCUT2D eigenvalue weighted by molar-refractivity contribution is 6.30. The fourth-order valence-corrected chi connectivity index (χ4v) is 2.32. The second kappa shape index (κ2) is 6.33. The van der Waals surface area contributed by atoms with Crippen molar-refractivity contribution in [1.82, 2.24) is 5.32 Å². The van der Waals surface area contributed by atoms with Gasteiger partial charge < -0.3 is 5.32 Å². The summed E-state index contributed by atoms with van der Waals surface area (Å²) in [6.07, 6.45) is 0. The number of nitrogens with one attached hydrogen (secondary N) is 1. The molecule has 0 aromatic heterocycles. The summed E-state index contributed by atoms with van der Waals surface area (Å²) in [5.74, 6) is -1.66. The second-order valence-corrected chi connectivity index (χ2v) is 5.28. The van der Waals surface area contributed by atoms with Crippen LogP contribution in [-0.4, -0.2) is 0 Å². The van der Waals surface area contributed by atoms with Gasteiger partial charge in [0, 0.05) is 17.1 Å². The van der Waals surface area contributed by atoms with Crippen LogP contribution in [0.4, 0.5) is 8.78 Å². The Morgan fingerprint density at radius 3 is 2.15 bits per heavy atom. The Morgan fingerprint density at radius 2 is 1.55 bits per heavy atom. The van der Waals surface area contributed by atoms with E-state index in [0.29, 0.717) is 10.6 Å². The van der Waals surface area contributed by atoms with E-state index in [-0.39, 0.29) is 12.1 Å². The van der Waals surface area contributed by atoms with E-state index >= 15 is 0 Å². The standard InChI is InChI=1S/C16H16ClF2N/c1-10(12-4-3-5-14(17)8-12)20-11(2)13-6-7-15(18)16(19)9-13/h3-11,20H,1-2H3/t10-,11?/m1/s1. The van der Waals surface area contributed by atoms with Gasteiger partial charge in [-0.05, 0) is 49.2 Å². The van der Waals surface area contributed by atoms with Gasteiger partial charge in [-0.25, -0.2) is 8.78 Å². The SMILES string of the molecule is CC(N[C@H](C)c1cccc(Cl)c1)c1ccc(F)c(F)c1. The lowest BCUT2D eigenvalue weighted by atomic mass is 10.0. The molecule has 0 aliphatic carbocycles. The van der Waals surface area contributed by atoms with Gasteiger partial charge in [0.15, 0.2) is 11.6 Å². The number of benzene rings is 2. The van der Waals surface area contributed by atoms with Crippen LogP contribution < -0.4 is 5.32 Å². The quantitative estimate of drug-likeness (QED) is 0.834. The van der Waals surface area contributed by atoms with Crippen molar-refractivity contribution in [2.24, 2.45) is 0 Å². The molecule has 2 rings (SSSR count). The third-order valence-electron chi connectivity index (χ3n) is 3.29. The number of rotatable bonds is 4. The van der Waals surface area contributed by atoms with E-state index in [0.717, 1.165) is 11.6 Å². The summed E-state index contributed by atoms with van der Waals surface area (Å²) < 4.78 is 26.2. The monoisotopic (exact) mass is 295 g/mol. The zero-order valence-electron chi connectivity index (χ0n) is 11.3. The number of halogens is 3. The molecule has 2 aromatic carbocycles. The fourth-order valence-electron chi connectivity index (χ4n) is 2.13. The van der Waals surface area contributed by atoms with Crippen LogP contribution in [0.2, 0.25) is 5.02 Å². The molecule has 0 heterocycles. The molecular formula is C16H16ClF2N. The van der Waals surface area contributed by atoms with Crippen LogP contribution in [0.5, 0.6) is 0 Å². The molecule has 4 heteroatoms. The van der Waals surface area contributed by atoms with Crippen LogP contribution in [0.25, 0.3) is 0 Å². The average Bonchev–Trinajstić information content (AvgIpc) is 2.41. The summed E-state index contributed by atoms with van der Waals surface area (Å²) in [4.78, 5) is 0. The van der Waals surface area contributed by atoms with Crippen LogP contribution in [0.1, 0.15) is 37.1 Å². The topological polar surface area (TPSA) is 12.0 Å². The van der Waals surface area contributed by atoms with Crippen molar-refractivity contribution < 1.29 is 8.78 Å². The Hall–Kier alpha value is -1.45. The molecule has 0 aliphatic heterocycles. The van der Waals surface area contributed by atoms with Crippen LogP contribution in [0.3, 0.4) is 0 Å². The number of hydrogen-bond acceptors (Lipinski definition) is 1. The van der Waals surface area contributed by atoms with E-state index in [1.54, 1.807) is 6.07 Å².